The Kier molecular flexibility index (Phi) is 5.05. The molecule has 1 rings (SSSR count). The van der Waals surface area contributed by atoms with Crippen LogP contribution in [0.2, 0.25) is 0 Å². The molecule has 0 aromatic carbocycles. The Morgan fingerprint density at radius 3 is 2.61 bits per heavy atom. The maximum absolute atomic E-state index is 11.7. The number of aromatic amines is 1. The number of sulfonamides is 1. The fourth-order valence-corrected chi connectivity index (χ4v) is 2.32. The molecule has 0 bridgehead atoms. The first-order chi connectivity index (χ1) is 8.42. The highest BCUT2D eigenvalue weighted by molar-refractivity contribution is 7.89. The zero-order valence-corrected chi connectivity index (χ0v) is 10.5. The van der Waals surface area contributed by atoms with Crippen molar-refractivity contribution in [2.24, 2.45) is 5.73 Å². The van der Waals surface area contributed by atoms with Gasteiger partial charge in [-0.1, -0.05) is 0 Å². The van der Waals surface area contributed by atoms with Gasteiger partial charge in [-0.3, -0.25) is 9.59 Å². The summed E-state index contributed by atoms with van der Waals surface area (Å²) in [6.07, 6.45) is 2.42. The third-order valence-corrected chi connectivity index (χ3v) is 3.67. The van der Waals surface area contributed by atoms with Gasteiger partial charge in [-0.05, 0) is 18.9 Å². The lowest BCUT2D eigenvalue weighted by Crippen LogP contribution is -2.25. The summed E-state index contributed by atoms with van der Waals surface area (Å²) in [5.74, 6) is -0.404. The van der Waals surface area contributed by atoms with Gasteiger partial charge in [-0.25, -0.2) is 13.1 Å². The molecule has 4 N–H and O–H groups in total. The molecule has 0 saturated heterocycles. The zero-order valence-electron chi connectivity index (χ0n) is 9.68. The maximum atomic E-state index is 11.7. The number of aromatic nitrogens is 1. The van der Waals surface area contributed by atoms with Crippen LogP contribution in [0.15, 0.2) is 28.0 Å². The molecule has 1 aromatic rings. The van der Waals surface area contributed by atoms with Gasteiger partial charge in [-0.15, -0.1) is 0 Å². The van der Waals surface area contributed by atoms with Crippen molar-refractivity contribution < 1.29 is 13.2 Å². The number of hydrogen-bond acceptors (Lipinski definition) is 4. The number of nitrogens with one attached hydrogen (secondary N) is 2. The highest BCUT2D eigenvalue weighted by Gasteiger charge is 2.12. The second-order valence-corrected chi connectivity index (χ2v) is 5.48. The van der Waals surface area contributed by atoms with Crippen LogP contribution in [0.3, 0.4) is 0 Å². The van der Waals surface area contributed by atoms with Gasteiger partial charge in [-0.2, -0.15) is 0 Å². The van der Waals surface area contributed by atoms with Crippen molar-refractivity contribution in [3.8, 4) is 0 Å². The van der Waals surface area contributed by atoms with Gasteiger partial charge in [0.05, 0.1) is 4.90 Å². The van der Waals surface area contributed by atoms with Gasteiger partial charge in [0.15, 0.2) is 0 Å². The van der Waals surface area contributed by atoms with Crippen molar-refractivity contribution in [3.05, 3.63) is 28.7 Å². The summed E-state index contributed by atoms with van der Waals surface area (Å²) in [6, 6.07) is 2.37. The van der Waals surface area contributed by atoms with Crippen LogP contribution < -0.4 is 16.0 Å². The summed E-state index contributed by atoms with van der Waals surface area (Å²) >= 11 is 0. The van der Waals surface area contributed by atoms with E-state index >= 15 is 0 Å². The van der Waals surface area contributed by atoms with Crippen molar-refractivity contribution in [2.75, 3.05) is 6.54 Å². The van der Waals surface area contributed by atoms with Crippen LogP contribution in [0.25, 0.3) is 0 Å². The second kappa shape index (κ2) is 6.31. The minimum atomic E-state index is -3.61. The Balaban J connectivity index is 2.48. The molecule has 0 aliphatic carbocycles. The average Bonchev–Trinajstić information content (AvgIpc) is 2.28. The fraction of sp³-hybridized carbons (Fsp3) is 0.400. The summed E-state index contributed by atoms with van der Waals surface area (Å²) in [6.45, 7) is 0.217. The van der Waals surface area contributed by atoms with Crippen molar-refractivity contribution in [3.63, 3.8) is 0 Å². The molecule has 1 aromatic heterocycles. The molecule has 0 radical (unpaired) electrons. The van der Waals surface area contributed by atoms with Gasteiger partial charge in [0.1, 0.15) is 0 Å². The third-order valence-electron chi connectivity index (χ3n) is 2.21. The number of primary amides is 1. The molecule has 100 valence electrons. The number of nitrogens with two attached hydrogens (primary N) is 1. The number of amides is 1. The highest BCUT2D eigenvalue weighted by Crippen LogP contribution is 2.04. The number of H-pyrrole nitrogens is 1. The van der Waals surface area contributed by atoms with E-state index in [1.807, 2.05) is 0 Å². The van der Waals surface area contributed by atoms with Gasteiger partial charge in [0, 0.05) is 25.2 Å². The Morgan fingerprint density at radius 2 is 2.06 bits per heavy atom. The monoisotopic (exact) mass is 273 g/mol. The van der Waals surface area contributed by atoms with Gasteiger partial charge in [0.2, 0.25) is 21.5 Å². The first kappa shape index (κ1) is 14.4. The van der Waals surface area contributed by atoms with Crippen molar-refractivity contribution in [2.45, 2.75) is 24.2 Å². The number of hydrogen-bond donors (Lipinski definition) is 3. The van der Waals surface area contributed by atoms with E-state index in [-0.39, 0.29) is 23.4 Å². The van der Waals surface area contributed by atoms with E-state index in [2.05, 4.69) is 9.71 Å². The molecule has 18 heavy (non-hydrogen) atoms. The zero-order chi connectivity index (χ0) is 13.6. The molecular formula is C10H15N3O4S. The third kappa shape index (κ3) is 4.68. The number of rotatable bonds is 7. The smallest absolute Gasteiger partial charge is 0.247 e. The Hall–Kier alpha value is -1.67. The molecule has 0 aliphatic heterocycles. The first-order valence-electron chi connectivity index (χ1n) is 5.38. The lowest BCUT2D eigenvalue weighted by atomic mass is 10.2. The van der Waals surface area contributed by atoms with E-state index in [4.69, 9.17) is 5.73 Å². The van der Waals surface area contributed by atoms with Gasteiger partial charge in [0.25, 0.3) is 0 Å². The van der Waals surface area contributed by atoms with Gasteiger partial charge < -0.3 is 10.7 Å². The minimum Gasteiger partial charge on any atom is -0.370 e. The molecule has 0 fully saturated rings. The molecule has 0 aliphatic rings. The summed E-state index contributed by atoms with van der Waals surface area (Å²) in [4.78, 5) is 23.5. The fourth-order valence-electron chi connectivity index (χ4n) is 1.28. The summed E-state index contributed by atoms with van der Waals surface area (Å²) in [5, 5.41) is 0. The molecule has 1 amide bonds. The highest BCUT2D eigenvalue weighted by atomic mass is 32.2. The first-order valence-corrected chi connectivity index (χ1v) is 6.87. The van der Waals surface area contributed by atoms with Crippen molar-refractivity contribution >= 4 is 15.9 Å². The van der Waals surface area contributed by atoms with E-state index < -0.39 is 15.9 Å². The van der Waals surface area contributed by atoms with Crippen LogP contribution in [-0.2, 0) is 14.8 Å². The normalized spacial score (nSPS) is 11.3. The second-order valence-electron chi connectivity index (χ2n) is 3.71. The maximum Gasteiger partial charge on any atom is 0.247 e. The largest absolute Gasteiger partial charge is 0.370 e. The van der Waals surface area contributed by atoms with Crippen LogP contribution in [0, 0.1) is 0 Å². The standard InChI is InChI=1S/C10H15N3O4S/c11-9(14)3-1-2-6-13-18(16,17)8-4-5-10(15)12-7-8/h4-5,7,13H,1-3,6H2,(H2,11,14)(H,12,15). The molecular weight excluding hydrogens is 258 g/mol. The SMILES string of the molecule is NC(=O)CCCCNS(=O)(=O)c1ccc(=O)[nH]c1. The molecule has 0 saturated carbocycles. The minimum absolute atomic E-state index is 0.00278. The average molecular weight is 273 g/mol. The Morgan fingerprint density at radius 1 is 1.33 bits per heavy atom. The summed E-state index contributed by atoms with van der Waals surface area (Å²) in [5.41, 5.74) is 4.59. The number of pyridine rings is 1. The summed E-state index contributed by atoms with van der Waals surface area (Å²) in [7, 11) is -3.61. The van der Waals surface area contributed by atoms with Crippen molar-refractivity contribution in [1.82, 2.24) is 9.71 Å². The molecule has 0 atom stereocenters. The number of carbonyl (C=O) groups excluding carboxylic acids is 1. The Bertz CT molecular complexity index is 544. The molecule has 1 heterocycles. The van der Waals surface area contributed by atoms with Crippen LogP contribution in [0.5, 0.6) is 0 Å². The predicted octanol–water partition coefficient (Wildman–Crippen LogP) is -0.691. The van der Waals surface area contributed by atoms with Crippen LogP contribution in [0.1, 0.15) is 19.3 Å². The van der Waals surface area contributed by atoms with E-state index in [1.165, 1.54) is 6.07 Å². The predicted molar refractivity (Wildman–Crippen MR) is 65.3 cm³/mol. The molecule has 0 spiro atoms. The molecule has 7 nitrogen and oxygen atoms in total. The number of unbranched alkanes of at least 4 members (excludes halogenated alkanes) is 1. The number of carbonyl (C=O) groups is 1. The van der Waals surface area contributed by atoms with Crippen molar-refractivity contribution in [1.29, 1.82) is 0 Å². The molecule has 8 heteroatoms. The molecule has 0 unspecified atom stereocenters. The van der Waals surface area contributed by atoms with Gasteiger partial charge >= 0.3 is 0 Å². The van der Waals surface area contributed by atoms with E-state index in [0.29, 0.717) is 12.8 Å². The van der Waals surface area contributed by atoms with Crippen LogP contribution >= 0.6 is 0 Å². The quantitative estimate of drug-likeness (QED) is 0.569. The van der Waals surface area contributed by atoms with Crippen LogP contribution in [0.4, 0.5) is 0 Å². The Labute approximate surface area is 104 Å². The van der Waals surface area contributed by atoms with E-state index in [9.17, 15) is 18.0 Å². The lowest BCUT2D eigenvalue weighted by Gasteiger charge is -2.05. The topological polar surface area (TPSA) is 122 Å². The van der Waals surface area contributed by atoms with E-state index in [0.717, 1.165) is 12.3 Å². The summed E-state index contributed by atoms with van der Waals surface area (Å²) < 4.78 is 25.8. The van der Waals surface area contributed by atoms with E-state index in [1.54, 1.807) is 0 Å². The lowest BCUT2D eigenvalue weighted by molar-refractivity contribution is -0.118. The van der Waals surface area contributed by atoms with Crippen LogP contribution in [-0.4, -0.2) is 25.9 Å².